The second-order valence-electron chi connectivity index (χ2n) is 5.52. The maximum atomic E-state index is 12.3. The quantitative estimate of drug-likeness (QED) is 0.617. The van der Waals surface area contributed by atoms with Crippen LogP contribution in [0, 0.1) is 18.3 Å². The molecule has 2 rings (SSSR count). The molecule has 5 nitrogen and oxygen atoms in total. The monoisotopic (exact) mass is 335 g/mol. The van der Waals surface area contributed by atoms with E-state index in [-0.39, 0.29) is 5.57 Å². The lowest BCUT2D eigenvalue weighted by Gasteiger charge is -2.10. The van der Waals surface area contributed by atoms with Gasteiger partial charge in [-0.25, -0.2) is 0 Å². The topological polar surface area (TPSA) is 74.2 Å². The number of hydrogen-bond donors (Lipinski definition) is 2. The second kappa shape index (κ2) is 8.55. The average Bonchev–Trinajstić information content (AvgIpc) is 2.63. The van der Waals surface area contributed by atoms with E-state index in [1.807, 2.05) is 43.3 Å². The first-order valence-corrected chi connectivity index (χ1v) is 7.99. The van der Waals surface area contributed by atoms with Crippen LogP contribution >= 0.6 is 0 Å². The van der Waals surface area contributed by atoms with Crippen molar-refractivity contribution in [3.63, 3.8) is 0 Å². The molecule has 0 aliphatic rings. The van der Waals surface area contributed by atoms with Crippen LogP contribution in [0.4, 0.5) is 11.4 Å². The van der Waals surface area contributed by atoms with Gasteiger partial charge in [0.15, 0.2) is 0 Å². The summed E-state index contributed by atoms with van der Waals surface area (Å²) < 4.78 is 5.23. The molecule has 0 unspecified atom stereocenters. The number of carbonyl (C=O) groups excluding carboxylic acids is 1. The Bertz CT molecular complexity index is 818. The van der Waals surface area contributed by atoms with E-state index in [9.17, 15) is 10.1 Å². The van der Waals surface area contributed by atoms with Crippen LogP contribution in [0.2, 0.25) is 0 Å². The van der Waals surface area contributed by atoms with E-state index >= 15 is 0 Å². The maximum absolute atomic E-state index is 12.3. The van der Waals surface area contributed by atoms with Gasteiger partial charge in [0.1, 0.15) is 17.4 Å². The van der Waals surface area contributed by atoms with E-state index in [1.54, 1.807) is 12.1 Å². The van der Waals surface area contributed by atoms with E-state index in [0.717, 1.165) is 17.7 Å². The SMILES string of the molecule is CCc1ccc(N/C=C(/C#N)C(=O)Nc2cc(C)ccc2OC)cc1. The summed E-state index contributed by atoms with van der Waals surface area (Å²) in [7, 11) is 1.53. The highest BCUT2D eigenvalue weighted by Crippen LogP contribution is 2.25. The van der Waals surface area contributed by atoms with Crippen LogP contribution in [0.5, 0.6) is 5.75 Å². The third-order valence-corrected chi connectivity index (χ3v) is 3.71. The molecule has 25 heavy (non-hydrogen) atoms. The van der Waals surface area contributed by atoms with Crippen molar-refractivity contribution in [1.29, 1.82) is 5.26 Å². The van der Waals surface area contributed by atoms with E-state index in [2.05, 4.69) is 17.6 Å². The van der Waals surface area contributed by atoms with Crippen molar-refractivity contribution >= 4 is 17.3 Å². The molecule has 1 amide bonds. The zero-order chi connectivity index (χ0) is 18.2. The highest BCUT2D eigenvalue weighted by Gasteiger charge is 2.12. The number of hydrogen-bond acceptors (Lipinski definition) is 4. The van der Waals surface area contributed by atoms with Crippen LogP contribution in [0.1, 0.15) is 18.1 Å². The minimum absolute atomic E-state index is 0.0249. The number of amides is 1. The second-order valence-corrected chi connectivity index (χ2v) is 5.52. The molecule has 0 radical (unpaired) electrons. The molecule has 0 heterocycles. The van der Waals surface area contributed by atoms with Gasteiger partial charge in [0.25, 0.3) is 5.91 Å². The number of nitrogens with one attached hydrogen (secondary N) is 2. The number of rotatable bonds is 6. The molecule has 0 saturated heterocycles. The molecular formula is C20H21N3O2. The fourth-order valence-corrected chi connectivity index (χ4v) is 2.25. The molecule has 0 aliphatic carbocycles. The molecular weight excluding hydrogens is 314 g/mol. The summed E-state index contributed by atoms with van der Waals surface area (Å²) >= 11 is 0. The zero-order valence-corrected chi connectivity index (χ0v) is 14.6. The third kappa shape index (κ3) is 4.85. The van der Waals surface area contributed by atoms with Gasteiger partial charge in [0.05, 0.1) is 12.8 Å². The number of nitriles is 1. The summed E-state index contributed by atoms with van der Waals surface area (Å²) in [6.45, 7) is 4.00. The number of aryl methyl sites for hydroxylation is 2. The Balaban J connectivity index is 2.12. The van der Waals surface area contributed by atoms with E-state index in [0.29, 0.717) is 11.4 Å². The van der Waals surface area contributed by atoms with Crippen LogP contribution in [-0.4, -0.2) is 13.0 Å². The van der Waals surface area contributed by atoms with Gasteiger partial charge in [-0.05, 0) is 48.7 Å². The fraction of sp³-hybridized carbons (Fsp3) is 0.200. The van der Waals surface area contributed by atoms with E-state index in [1.165, 1.54) is 18.9 Å². The average molecular weight is 335 g/mol. The Labute approximate surface area is 147 Å². The number of methoxy groups -OCH3 is 1. The Morgan fingerprint density at radius 2 is 1.96 bits per heavy atom. The van der Waals surface area contributed by atoms with Gasteiger partial charge in [0.2, 0.25) is 0 Å². The molecule has 0 atom stereocenters. The Kier molecular flexibility index (Phi) is 6.19. The highest BCUT2D eigenvalue weighted by atomic mass is 16.5. The first-order valence-electron chi connectivity index (χ1n) is 7.99. The van der Waals surface area contributed by atoms with Crippen molar-refractivity contribution in [3.05, 3.63) is 65.4 Å². The van der Waals surface area contributed by atoms with Gasteiger partial charge < -0.3 is 15.4 Å². The summed E-state index contributed by atoms with van der Waals surface area (Å²) in [5, 5.41) is 15.0. The van der Waals surface area contributed by atoms with Gasteiger partial charge in [0, 0.05) is 11.9 Å². The van der Waals surface area contributed by atoms with Crippen LogP contribution < -0.4 is 15.4 Å². The Morgan fingerprint density at radius 1 is 1.24 bits per heavy atom. The molecule has 0 aromatic heterocycles. The third-order valence-electron chi connectivity index (χ3n) is 3.71. The van der Waals surface area contributed by atoms with Gasteiger partial charge in [-0.3, -0.25) is 4.79 Å². The minimum Gasteiger partial charge on any atom is -0.495 e. The predicted molar refractivity (Wildman–Crippen MR) is 99.5 cm³/mol. The maximum Gasteiger partial charge on any atom is 0.267 e. The Morgan fingerprint density at radius 3 is 2.56 bits per heavy atom. The normalized spacial score (nSPS) is 10.7. The zero-order valence-electron chi connectivity index (χ0n) is 14.6. The first kappa shape index (κ1) is 18.1. The molecule has 0 spiro atoms. The van der Waals surface area contributed by atoms with Crippen LogP contribution in [0.15, 0.2) is 54.2 Å². The largest absolute Gasteiger partial charge is 0.495 e. The summed E-state index contributed by atoms with van der Waals surface area (Å²) in [6.07, 6.45) is 2.36. The summed E-state index contributed by atoms with van der Waals surface area (Å²) in [6, 6.07) is 15.2. The summed E-state index contributed by atoms with van der Waals surface area (Å²) in [5.74, 6) is 0.0448. The van der Waals surface area contributed by atoms with Crippen LogP contribution in [0.25, 0.3) is 0 Å². The van der Waals surface area contributed by atoms with Gasteiger partial charge in [-0.15, -0.1) is 0 Å². The van der Waals surface area contributed by atoms with Crippen molar-refractivity contribution in [2.45, 2.75) is 20.3 Å². The van der Waals surface area contributed by atoms with Crippen molar-refractivity contribution < 1.29 is 9.53 Å². The van der Waals surface area contributed by atoms with Crippen molar-refractivity contribution in [2.75, 3.05) is 17.7 Å². The number of carbonyl (C=O) groups is 1. The van der Waals surface area contributed by atoms with Gasteiger partial charge in [-0.2, -0.15) is 5.26 Å². The standard InChI is InChI=1S/C20H21N3O2/c1-4-15-6-8-17(9-7-15)22-13-16(12-21)20(24)23-18-11-14(2)5-10-19(18)25-3/h5-11,13,22H,4H2,1-3H3,(H,23,24)/b16-13-. The van der Waals surface area contributed by atoms with Crippen molar-refractivity contribution in [1.82, 2.24) is 0 Å². The molecule has 128 valence electrons. The molecule has 5 heteroatoms. The number of nitrogens with zero attached hydrogens (tertiary/aromatic N) is 1. The van der Waals surface area contributed by atoms with E-state index < -0.39 is 5.91 Å². The lowest BCUT2D eigenvalue weighted by atomic mass is 10.1. The molecule has 0 saturated carbocycles. The van der Waals surface area contributed by atoms with Crippen molar-refractivity contribution in [2.24, 2.45) is 0 Å². The van der Waals surface area contributed by atoms with E-state index in [4.69, 9.17) is 4.74 Å². The molecule has 2 aromatic carbocycles. The van der Waals surface area contributed by atoms with Crippen LogP contribution in [-0.2, 0) is 11.2 Å². The highest BCUT2D eigenvalue weighted by molar-refractivity contribution is 6.07. The lowest BCUT2D eigenvalue weighted by Crippen LogP contribution is -2.15. The smallest absolute Gasteiger partial charge is 0.267 e. The fourth-order valence-electron chi connectivity index (χ4n) is 2.25. The van der Waals surface area contributed by atoms with Gasteiger partial charge in [-0.1, -0.05) is 25.1 Å². The molecule has 0 bridgehead atoms. The summed E-state index contributed by atoms with van der Waals surface area (Å²) in [4.78, 5) is 12.3. The lowest BCUT2D eigenvalue weighted by molar-refractivity contribution is -0.112. The molecule has 2 N–H and O–H groups in total. The number of ether oxygens (including phenoxy) is 1. The van der Waals surface area contributed by atoms with Crippen LogP contribution in [0.3, 0.4) is 0 Å². The molecule has 0 fully saturated rings. The first-order chi connectivity index (χ1) is 12.1. The summed E-state index contributed by atoms with van der Waals surface area (Å²) in [5.41, 5.74) is 3.52. The molecule has 0 aliphatic heterocycles. The number of anilines is 2. The predicted octanol–water partition coefficient (Wildman–Crippen LogP) is 4.02. The number of benzene rings is 2. The minimum atomic E-state index is -0.496. The molecule has 2 aromatic rings. The Hall–Kier alpha value is -3.26. The van der Waals surface area contributed by atoms with Crippen molar-refractivity contribution in [3.8, 4) is 11.8 Å². The van der Waals surface area contributed by atoms with Gasteiger partial charge >= 0.3 is 0 Å².